The Morgan fingerprint density at radius 1 is 1.24 bits per heavy atom. The first kappa shape index (κ1) is 15.9. The molecule has 0 atom stereocenters. The van der Waals surface area contributed by atoms with Crippen LogP contribution in [0, 0.1) is 11.9 Å². The first-order valence-electron chi connectivity index (χ1n) is 8.83. The predicted molar refractivity (Wildman–Crippen MR) is 98.9 cm³/mol. The van der Waals surface area contributed by atoms with Gasteiger partial charge in [-0.15, -0.1) is 0 Å². The number of nitrogens with zero attached hydrogens (tertiary/aromatic N) is 1. The summed E-state index contributed by atoms with van der Waals surface area (Å²) in [6.45, 7) is 2.65. The molecule has 2 aromatic carbocycles. The largest absolute Gasteiger partial charge is 0.494 e. The van der Waals surface area contributed by atoms with Crippen LogP contribution < -0.4 is 4.74 Å². The van der Waals surface area contributed by atoms with Gasteiger partial charge in [0.25, 0.3) is 0 Å². The summed E-state index contributed by atoms with van der Waals surface area (Å²) in [7, 11) is 0. The molecule has 3 aromatic rings. The summed E-state index contributed by atoms with van der Waals surface area (Å²) in [6, 6.07) is 14.0. The van der Waals surface area contributed by atoms with Gasteiger partial charge in [-0.3, -0.25) is 5.10 Å². The van der Waals surface area contributed by atoms with E-state index in [1.54, 1.807) is 0 Å². The maximum atomic E-state index is 13.8. The van der Waals surface area contributed by atoms with E-state index in [9.17, 15) is 4.39 Å². The van der Waals surface area contributed by atoms with Crippen LogP contribution in [0.25, 0.3) is 22.6 Å². The number of hydrogen-bond acceptors (Lipinski definition) is 2. The van der Waals surface area contributed by atoms with Gasteiger partial charge in [0.1, 0.15) is 5.75 Å². The van der Waals surface area contributed by atoms with Crippen molar-refractivity contribution in [2.45, 2.75) is 26.2 Å². The van der Waals surface area contributed by atoms with Gasteiger partial charge in [-0.1, -0.05) is 30.7 Å². The smallest absolute Gasteiger partial charge is 0.216 e. The first-order valence-corrected chi connectivity index (χ1v) is 8.83. The van der Waals surface area contributed by atoms with E-state index >= 15 is 0 Å². The van der Waals surface area contributed by atoms with Crippen LogP contribution in [0.4, 0.5) is 4.39 Å². The average Bonchev–Trinajstić information content (AvgIpc) is 2.95. The molecule has 1 saturated carbocycles. The van der Waals surface area contributed by atoms with E-state index in [2.05, 4.69) is 28.4 Å². The maximum Gasteiger partial charge on any atom is 0.216 e. The summed E-state index contributed by atoms with van der Waals surface area (Å²) in [5.41, 5.74) is 4.18. The fraction of sp³-hybridized carbons (Fsp3) is 0.286. The molecule has 0 radical (unpaired) electrons. The highest BCUT2D eigenvalue weighted by Crippen LogP contribution is 2.40. The van der Waals surface area contributed by atoms with Crippen LogP contribution in [0.2, 0.25) is 0 Å². The molecule has 4 rings (SSSR count). The maximum absolute atomic E-state index is 13.8. The van der Waals surface area contributed by atoms with Gasteiger partial charge in [0.05, 0.1) is 17.5 Å². The summed E-state index contributed by atoms with van der Waals surface area (Å²) < 4.78 is 19.3. The number of rotatable bonds is 5. The monoisotopic (exact) mass is 336 g/mol. The second-order valence-electron chi connectivity index (χ2n) is 6.50. The molecular formula is C21H21FN2O. The minimum Gasteiger partial charge on any atom is -0.494 e. The molecule has 1 aliphatic rings. The number of nitrogens with one attached hydrogen (secondary N) is 1. The van der Waals surface area contributed by atoms with E-state index in [1.165, 1.54) is 30.4 Å². The highest BCUT2D eigenvalue weighted by molar-refractivity contribution is 5.87. The SMILES string of the molecule is CCOc1ccc(/C(=C/c2ccc3n[nH]c(F)c3c2)C2CCC2)cc1. The number of H-pyrrole nitrogens is 1. The van der Waals surface area contributed by atoms with Gasteiger partial charge in [0, 0.05) is 0 Å². The molecule has 0 spiro atoms. The molecule has 25 heavy (non-hydrogen) atoms. The van der Waals surface area contributed by atoms with Gasteiger partial charge < -0.3 is 4.74 Å². The van der Waals surface area contributed by atoms with Crippen molar-refractivity contribution in [1.29, 1.82) is 0 Å². The van der Waals surface area contributed by atoms with E-state index in [1.807, 2.05) is 37.3 Å². The molecule has 1 heterocycles. The van der Waals surface area contributed by atoms with Gasteiger partial charge in [-0.25, -0.2) is 0 Å². The lowest BCUT2D eigenvalue weighted by atomic mass is 9.76. The van der Waals surface area contributed by atoms with E-state index in [4.69, 9.17) is 4.74 Å². The summed E-state index contributed by atoms with van der Waals surface area (Å²) >= 11 is 0. The van der Waals surface area contributed by atoms with E-state index in [0.717, 1.165) is 11.3 Å². The Balaban J connectivity index is 1.72. The zero-order valence-electron chi connectivity index (χ0n) is 14.3. The Labute approximate surface area is 146 Å². The van der Waals surface area contributed by atoms with Crippen LogP contribution in [0.1, 0.15) is 37.3 Å². The molecule has 0 saturated heterocycles. The zero-order valence-corrected chi connectivity index (χ0v) is 14.3. The third-order valence-corrected chi connectivity index (χ3v) is 4.90. The minimum absolute atomic E-state index is 0.378. The summed E-state index contributed by atoms with van der Waals surface area (Å²) in [5, 5.41) is 6.89. The molecule has 0 aliphatic heterocycles. The fourth-order valence-corrected chi connectivity index (χ4v) is 3.33. The summed E-state index contributed by atoms with van der Waals surface area (Å²) in [6.07, 6.45) is 5.88. The Hall–Kier alpha value is -2.62. The number of aromatic amines is 1. The minimum atomic E-state index is -0.378. The van der Waals surface area contributed by atoms with E-state index < -0.39 is 0 Å². The summed E-state index contributed by atoms with van der Waals surface area (Å²) in [4.78, 5) is 0. The van der Waals surface area contributed by atoms with Crippen molar-refractivity contribution >= 4 is 22.6 Å². The predicted octanol–water partition coefficient (Wildman–Crippen LogP) is 5.44. The topological polar surface area (TPSA) is 37.9 Å². The molecule has 3 nitrogen and oxygen atoms in total. The molecule has 0 bridgehead atoms. The number of aromatic nitrogens is 2. The molecule has 1 fully saturated rings. The van der Waals surface area contributed by atoms with Gasteiger partial charge in [0.2, 0.25) is 5.95 Å². The van der Waals surface area contributed by atoms with Crippen LogP contribution in [0.5, 0.6) is 5.75 Å². The lowest BCUT2D eigenvalue weighted by molar-refractivity contribution is 0.340. The van der Waals surface area contributed by atoms with Crippen LogP contribution in [-0.2, 0) is 0 Å². The average molecular weight is 336 g/mol. The Morgan fingerprint density at radius 3 is 2.72 bits per heavy atom. The molecular weight excluding hydrogens is 315 g/mol. The number of fused-ring (bicyclic) bond motifs is 1. The second-order valence-corrected chi connectivity index (χ2v) is 6.50. The normalized spacial score (nSPS) is 15.4. The Kier molecular flexibility index (Phi) is 4.26. The highest BCUT2D eigenvalue weighted by atomic mass is 19.1. The lowest BCUT2D eigenvalue weighted by Crippen LogP contribution is -2.13. The van der Waals surface area contributed by atoms with Gasteiger partial charge in [-0.05, 0) is 66.6 Å². The van der Waals surface area contributed by atoms with Crippen molar-refractivity contribution < 1.29 is 9.13 Å². The number of halogens is 1. The van der Waals surface area contributed by atoms with E-state index in [0.29, 0.717) is 23.4 Å². The zero-order chi connectivity index (χ0) is 17.2. The number of benzene rings is 2. The van der Waals surface area contributed by atoms with Crippen molar-refractivity contribution in [3.05, 3.63) is 59.5 Å². The molecule has 0 amide bonds. The number of allylic oxidation sites excluding steroid dienone is 1. The highest BCUT2D eigenvalue weighted by Gasteiger charge is 2.23. The third kappa shape index (κ3) is 3.16. The van der Waals surface area contributed by atoms with Crippen LogP contribution in [0.15, 0.2) is 42.5 Å². The van der Waals surface area contributed by atoms with Gasteiger partial charge >= 0.3 is 0 Å². The van der Waals surface area contributed by atoms with Crippen molar-refractivity contribution in [3.63, 3.8) is 0 Å². The van der Waals surface area contributed by atoms with Crippen LogP contribution in [-0.4, -0.2) is 16.8 Å². The molecule has 1 aromatic heterocycles. The second kappa shape index (κ2) is 6.71. The van der Waals surface area contributed by atoms with Gasteiger partial charge in [-0.2, -0.15) is 9.49 Å². The Bertz CT molecular complexity index is 907. The van der Waals surface area contributed by atoms with E-state index in [-0.39, 0.29) is 5.95 Å². The first-order chi connectivity index (χ1) is 12.2. The molecule has 4 heteroatoms. The number of ether oxygens (including phenoxy) is 1. The van der Waals surface area contributed by atoms with Crippen LogP contribution in [0.3, 0.4) is 0 Å². The van der Waals surface area contributed by atoms with Crippen molar-refractivity contribution in [2.24, 2.45) is 5.92 Å². The number of hydrogen-bond donors (Lipinski definition) is 1. The fourth-order valence-electron chi connectivity index (χ4n) is 3.33. The van der Waals surface area contributed by atoms with Crippen molar-refractivity contribution in [1.82, 2.24) is 10.2 Å². The molecule has 1 N–H and O–H groups in total. The molecule has 1 aliphatic carbocycles. The quantitative estimate of drug-likeness (QED) is 0.630. The molecule has 0 unspecified atom stereocenters. The van der Waals surface area contributed by atoms with Gasteiger partial charge in [0.15, 0.2) is 0 Å². The van der Waals surface area contributed by atoms with Crippen LogP contribution >= 0.6 is 0 Å². The molecule has 128 valence electrons. The Morgan fingerprint density at radius 2 is 2.04 bits per heavy atom. The summed E-state index contributed by atoms with van der Waals surface area (Å²) in [5.74, 6) is 1.08. The van der Waals surface area contributed by atoms with Crippen molar-refractivity contribution in [2.75, 3.05) is 6.61 Å². The standard InChI is InChI=1S/C21H21FN2O/c1-2-25-17-9-7-16(8-10-17)18(15-4-3-5-15)12-14-6-11-20-19(13-14)21(22)24-23-20/h6-13,15H,2-5H2,1H3,(H,23,24)/b18-12+. The lowest BCUT2D eigenvalue weighted by Gasteiger charge is -2.29. The van der Waals surface area contributed by atoms with Crippen molar-refractivity contribution in [3.8, 4) is 5.75 Å². The third-order valence-electron chi connectivity index (χ3n) is 4.90.